The number of rotatable bonds is 4. The van der Waals surface area contributed by atoms with E-state index in [0.29, 0.717) is 42.5 Å². The maximum Gasteiger partial charge on any atom is 0.314 e. The molecule has 3 N–H and O–H groups in total. The maximum atomic E-state index is 12.8. The number of pyridine rings is 1. The first-order valence-electron chi connectivity index (χ1n) is 8.47. The van der Waals surface area contributed by atoms with Crippen LogP contribution in [0.1, 0.15) is 35.9 Å². The fourth-order valence-electron chi connectivity index (χ4n) is 3.25. The molecule has 3 heterocycles. The second-order valence-electron chi connectivity index (χ2n) is 6.14. The molecule has 1 saturated heterocycles. The Hall–Kier alpha value is -2.48. The number of aryl methyl sites for hydroxylation is 1. The van der Waals surface area contributed by atoms with Crippen LogP contribution in [-0.2, 0) is 0 Å². The number of nitrogens with zero attached hydrogens (tertiary/aromatic N) is 3. The lowest BCUT2D eigenvalue weighted by Crippen LogP contribution is -2.51. The number of nitrogens with one attached hydrogen (secondary N) is 1. The lowest BCUT2D eigenvalue weighted by atomic mass is 10.1. The number of piperidine rings is 1. The molecule has 0 saturated carbocycles. The van der Waals surface area contributed by atoms with Crippen molar-refractivity contribution in [2.75, 3.05) is 19.7 Å². The first kappa shape index (κ1) is 19.8. The summed E-state index contributed by atoms with van der Waals surface area (Å²) in [5.41, 5.74) is 7.08. The molecule has 26 heavy (non-hydrogen) atoms. The molecule has 0 radical (unpaired) electrons. The Labute approximate surface area is 158 Å². The van der Waals surface area contributed by atoms with E-state index in [1.54, 1.807) is 22.4 Å². The van der Waals surface area contributed by atoms with Gasteiger partial charge >= 0.3 is 6.03 Å². The molecule has 1 aliphatic rings. The minimum atomic E-state index is -0.453. The molecule has 8 nitrogen and oxygen atoms in total. The third-order valence-electron chi connectivity index (χ3n) is 4.37. The fraction of sp³-hybridized carbons (Fsp3) is 0.471. The topological polar surface area (TPSA) is 102 Å². The van der Waals surface area contributed by atoms with Crippen molar-refractivity contribution >= 4 is 30.0 Å². The van der Waals surface area contributed by atoms with Crippen LogP contribution in [-0.4, -0.2) is 52.0 Å². The van der Waals surface area contributed by atoms with E-state index in [4.69, 9.17) is 10.5 Å². The summed E-state index contributed by atoms with van der Waals surface area (Å²) in [6.07, 6.45) is 3.42. The minimum absolute atomic E-state index is 0. The average molecular weight is 382 g/mol. The van der Waals surface area contributed by atoms with Crippen LogP contribution in [0.4, 0.5) is 4.79 Å². The SMILES string of the molecule is CCOc1cccn2c(C(=O)N[C@H]3CCCN(C(N)=O)C3)c(C)nc12.Cl. The predicted octanol–water partition coefficient (Wildman–Crippen LogP) is 1.74. The van der Waals surface area contributed by atoms with Gasteiger partial charge in [-0.2, -0.15) is 0 Å². The standard InChI is InChI=1S/C17H23N5O3.ClH/c1-3-25-13-7-5-9-22-14(11(2)19-15(13)22)16(23)20-12-6-4-8-21(10-12)17(18)24;/h5,7,9,12H,3-4,6,8,10H2,1-2H3,(H2,18,24)(H,20,23);1H/t12-;/m0./s1. The number of carbonyl (C=O) groups is 2. The van der Waals surface area contributed by atoms with Crippen molar-refractivity contribution in [1.82, 2.24) is 19.6 Å². The zero-order valence-electron chi connectivity index (χ0n) is 14.9. The summed E-state index contributed by atoms with van der Waals surface area (Å²) < 4.78 is 7.32. The van der Waals surface area contributed by atoms with Gasteiger partial charge in [-0.25, -0.2) is 9.78 Å². The Kier molecular flexibility index (Phi) is 6.31. The van der Waals surface area contributed by atoms with Crippen LogP contribution in [0.5, 0.6) is 5.75 Å². The number of urea groups is 1. The molecular formula is C17H24ClN5O3. The van der Waals surface area contributed by atoms with Crippen LogP contribution in [0.25, 0.3) is 5.65 Å². The molecule has 1 aliphatic heterocycles. The Morgan fingerprint density at radius 3 is 2.92 bits per heavy atom. The van der Waals surface area contributed by atoms with Gasteiger partial charge in [0.25, 0.3) is 5.91 Å². The summed E-state index contributed by atoms with van der Waals surface area (Å²) in [5, 5.41) is 3.00. The third-order valence-corrected chi connectivity index (χ3v) is 4.37. The highest BCUT2D eigenvalue weighted by Gasteiger charge is 2.26. The quantitative estimate of drug-likeness (QED) is 0.841. The average Bonchev–Trinajstić information content (AvgIpc) is 2.92. The summed E-state index contributed by atoms with van der Waals surface area (Å²) in [5.74, 6) is 0.430. The monoisotopic (exact) mass is 381 g/mol. The molecule has 0 aromatic carbocycles. The Bertz CT molecular complexity index is 807. The van der Waals surface area contributed by atoms with E-state index in [-0.39, 0.29) is 24.4 Å². The van der Waals surface area contributed by atoms with E-state index in [1.165, 1.54) is 0 Å². The molecule has 2 aromatic rings. The van der Waals surface area contributed by atoms with E-state index >= 15 is 0 Å². The van der Waals surface area contributed by atoms with Crippen LogP contribution in [0.2, 0.25) is 0 Å². The van der Waals surface area contributed by atoms with Gasteiger partial charge in [0.15, 0.2) is 11.4 Å². The van der Waals surface area contributed by atoms with Gasteiger partial charge in [0.1, 0.15) is 5.69 Å². The normalized spacial score (nSPS) is 16.8. The number of aromatic nitrogens is 2. The molecule has 3 amide bonds. The molecule has 1 atom stereocenters. The number of ether oxygens (including phenoxy) is 1. The molecule has 0 unspecified atom stereocenters. The Balaban J connectivity index is 0.00000243. The molecular weight excluding hydrogens is 358 g/mol. The van der Waals surface area contributed by atoms with Gasteiger partial charge in [-0.1, -0.05) is 0 Å². The highest BCUT2D eigenvalue weighted by Crippen LogP contribution is 2.22. The van der Waals surface area contributed by atoms with Gasteiger partial charge in [0.2, 0.25) is 0 Å². The highest BCUT2D eigenvalue weighted by molar-refractivity contribution is 5.95. The summed E-state index contributed by atoms with van der Waals surface area (Å²) >= 11 is 0. The van der Waals surface area contributed by atoms with Crippen molar-refractivity contribution in [3.05, 3.63) is 29.7 Å². The number of halogens is 1. The van der Waals surface area contributed by atoms with Crippen molar-refractivity contribution < 1.29 is 14.3 Å². The van der Waals surface area contributed by atoms with E-state index < -0.39 is 6.03 Å². The van der Waals surface area contributed by atoms with Crippen molar-refractivity contribution in [2.45, 2.75) is 32.7 Å². The molecule has 0 spiro atoms. The third kappa shape index (κ3) is 3.85. The minimum Gasteiger partial charge on any atom is -0.490 e. The van der Waals surface area contributed by atoms with Gasteiger partial charge in [-0.05, 0) is 38.8 Å². The Morgan fingerprint density at radius 1 is 1.46 bits per heavy atom. The van der Waals surface area contributed by atoms with Gasteiger partial charge in [-0.3, -0.25) is 9.20 Å². The van der Waals surface area contributed by atoms with Gasteiger partial charge in [-0.15, -0.1) is 12.4 Å². The number of fused-ring (bicyclic) bond motifs is 1. The number of imidazole rings is 1. The highest BCUT2D eigenvalue weighted by atomic mass is 35.5. The van der Waals surface area contributed by atoms with Gasteiger partial charge < -0.3 is 20.7 Å². The van der Waals surface area contributed by atoms with Crippen LogP contribution >= 0.6 is 12.4 Å². The lowest BCUT2D eigenvalue weighted by molar-refractivity contribution is 0.0905. The van der Waals surface area contributed by atoms with Crippen LogP contribution in [0, 0.1) is 6.92 Å². The van der Waals surface area contributed by atoms with Gasteiger partial charge in [0.05, 0.1) is 12.3 Å². The number of carbonyl (C=O) groups excluding carboxylic acids is 2. The zero-order valence-corrected chi connectivity index (χ0v) is 15.7. The molecule has 2 aromatic heterocycles. The van der Waals surface area contributed by atoms with Crippen molar-refractivity contribution in [1.29, 1.82) is 0 Å². The second-order valence-corrected chi connectivity index (χ2v) is 6.14. The van der Waals surface area contributed by atoms with Crippen molar-refractivity contribution in [2.24, 2.45) is 5.73 Å². The Morgan fingerprint density at radius 2 is 2.23 bits per heavy atom. The van der Waals surface area contributed by atoms with E-state index in [1.807, 2.05) is 19.1 Å². The predicted molar refractivity (Wildman–Crippen MR) is 100.0 cm³/mol. The summed E-state index contributed by atoms with van der Waals surface area (Å²) in [6.45, 7) is 5.29. The first-order valence-corrected chi connectivity index (χ1v) is 8.47. The largest absolute Gasteiger partial charge is 0.490 e. The molecule has 3 rings (SSSR count). The van der Waals surface area contributed by atoms with E-state index in [9.17, 15) is 9.59 Å². The molecule has 142 valence electrons. The molecule has 9 heteroatoms. The molecule has 0 bridgehead atoms. The molecule has 1 fully saturated rings. The first-order chi connectivity index (χ1) is 12.0. The number of nitrogens with two attached hydrogens (primary N) is 1. The number of primary amides is 1. The lowest BCUT2D eigenvalue weighted by Gasteiger charge is -2.31. The smallest absolute Gasteiger partial charge is 0.314 e. The molecule has 0 aliphatic carbocycles. The van der Waals surface area contributed by atoms with E-state index in [2.05, 4.69) is 10.3 Å². The fourth-order valence-corrected chi connectivity index (χ4v) is 3.25. The second kappa shape index (κ2) is 8.27. The van der Waals surface area contributed by atoms with Crippen molar-refractivity contribution in [3.8, 4) is 5.75 Å². The maximum absolute atomic E-state index is 12.8. The van der Waals surface area contributed by atoms with Crippen LogP contribution < -0.4 is 15.8 Å². The number of hydrogen-bond donors (Lipinski definition) is 2. The zero-order chi connectivity index (χ0) is 18.0. The number of hydrogen-bond acceptors (Lipinski definition) is 4. The van der Waals surface area contributed by atoms with Crippen LogP contribution in [0.3, 0.4) is 0 Å². The summed E-state index contributed by atoms with van der Waals surface area (Å²) in [6, 6.07) is 3.09. The number of likely N-dealkylation sites (tertiary alicyclic amines) is 1. The summed E-state index contributed by atoms with van der Waals surface area (Å²) in [7, 11) is 0. The van der Waals surface area contributed by atoms with Gasteiger partial charge in [0, 0.05) is 25.3 Å². The van der Waals surface area contributed by atoms with Crippen LogP contribution in [0.15, 0.2) is 18.3 Å². The summed E-state index contributed by atoms with van der Waals surface area (Å²) in [4.78, 5) is 30.2. The number of amides is 3. The van der Waals surface area contributed by atoms with Crippen molar-refractivity contribution in [3.63, 3.8) is 0 Å². The van der Waals surface area contributed by atoms with E-state index in [0.717, 1.165) is 12.8 Å².